The largest absolute Gasteiger partial charge is 0.399 e. The third-order valence-electron chi connectivity index (χ3n) is 2.26. The van der Waals surface area contributed by atoms with Gasteiger partial charge in [0, 0.05) is 23.8 Å². The van der Waals surface area contributed by atoms with Gasteiger partial charge in [-0.1, -0.05) is 6.07 Å². The van der Waals surface area contributed by atoms with Crippen molar-refractivity contribution in [1.29, 1.82) is 0 Å². The molecule has 0 radical (unpaired) electrons. The van der Waals surface area contributed by atoms with Gasteiger partial charge in [-0.3, -0.25) is 0 Å². The van der Waals surface area contributed by atoms with Gasteiger partial charge in [-0.05, 0) is 24.6 Å². The summed E-state index contributed by atoms with van der Waals surface area (Å²) in [6.07, 6.45) is 3.55. The van der Waals surface area contributed by atoms with Gasteiger partial charge in [0.05, 0.1) is 6.54 Å². The zero-order valence-electron chi connectivity index (χ0n) is 8.62. The number of benzene rings is 1. The van der Waals surface area contributed by atoms with Crippen molar-refractivity contribution in [2.75, 3.05) is 11.1 Å². The topological polar surface area (TPSA) is 66.7 Å². The Morgan fingerprint density at radius 1 is 1.47 bits per heavy atom. The Balaban J connectivity index is 2.07. The molecule has 2 aromatic rings. The van der Waals surface area contributed by atoms with Gasteiger partial charge in [0.15, 0.2) is 0 Å². The molecule has 1 heterocycles. The van der Waals surface area contributed by atoms with Crippen LogP contribution in [0.3, 0.4) is 0 Å². The monoisotopic (exact) mass is 202 g/mol. The van der Waals surface area contributed by atoms with E-state index in [2.05, 4.69) is 15.3 Å². The van der Waals surface area contributed by atoms with E-state index in [-0.39, 0.29) is 0 Å². The summed E-state index contributed by atoms with van der Waals surface area (Å²) in [5.41, 5.74) is 8.70. The highest BCUT2D eigenvalue weighted by molar-refractivity contribution is 5.59. The molecule has 4 nitrogen and oxygen atoms in total. The first-order valence-corrected chi connectivity index (χ1v) is 4.84. The maximum Gasteiger partial charge on any atom is 0.125 e. The maximum atomic E-state index is 5.71. The van der Waals surface area contributed by atoms with Crippen LogP contribution in [-0.2, 0) is 6.54 Å². The summed E-state index contributed by atoms with van der Waals surface area (Å²) < 4.78 is 0. The molecule has 0 spiro atoms. The molecule has 0 atom stereocenters. The molecule has 0 amide bonds. The van der Waals surface area contributed by atoms with E-state index in [1.54, 1.807) is 6.20 Å². The molecular weight excluding hydrogens is 188 g/mol. The van der Waals surface area contributed by atoms with E-state index < -0.39 is 0 Å². The molecule has 0 aliphatic heterocycles. The van der Waals surface area contributed by atoms with Crippen molar-refractivity contribution in [3.8, 4) is 0 Å². The first-order valence-electron chi connectivity index (χ1n) is 4.84. The van der Waals surface area contributed by atoms with Crippen molar-refractivity contribution in [3.05, 3.63) is 42.0 Å². The number of H-pyrrole nitrogens is 1. The van der Waals surface area contributed by atoms with Crippen molar-refractivity contribution in [1.82, 2.24) is 9.97 Å². The molecule has 0 saturated carbocycles. The smallest absolute Gasteiger partial charge is 0.125 e. The molecule has 2 rings (SSSR count). The van der Waals surface area contributed by atoms with Gasteiger partial charge >= 0.3 is 0 Å². The molecule has 4 N–H and O–H groups in total. The highest BCUT2D eigenvalue weighted by atomic mass is 15.0. The Kier molecular flexibility index (Phi) is 2.58. The number of rotatable bonds is 3. The molecule has 0 bridgehead atoms. The number of aromatic nitrogens is 2. The number of aryl methyl sites for hydroxylation is 1. The number of nitrogens with two attached hydrogens (primary N) is 1. The Hall–Kier alpha value is -1.97. The van der Waals surface area contributed by atoms with Crippen LogP contribution in [0.5, 0.6) is 0 Å². The van der Waals surface area contributed by atoms with Gasteiger partial charge in [0.25, 0.3) is 0 Å². The minimum Gasteiger partial charge on any atom is -0.399 e. The molecule has 0 aliphatic rings. The van der Waals surface area contributed by atoms with Gasteiger partial charge < -0.3 is 16.0 Å². The lowest BCUT2D eigenvalue weighted by atomic mass is 10.2. The van der Waals surface area contributed by atoms with Crippen LogP contribution < -0.4 is 11.1 Å². The normalized spacial score (nSPS) is 10.2. The van der Waals surface area contributed by atoms with Crippen molar-refractivity contribution in [3.63, 3.8) is 0 Å². The number of nitrogens with zero attached hydrogens (tertiary/aromatic N) is 1. The van der Waals surface area contributed by atoms with Crippen molar-refractivity contribution in [2.45, 2.75) is 13.5 Å². The second-order valence-corrected chi connectivity index (χ2v) is 3.46. The van der Waals surface area contributed by atoms with Crippen LogP contribution in [0.4, 0.5) is 11.4 Å². The van der Waals surface area contributed by atoms with Gasteiger partial charge in [-0.15, -0.1) is 0 Å². The lowest BCUT2D eigenvalue weighted by molar-refractivity contribution is 0.998. The third kappa shape index (κ3) is 2.28. The predicted octanol–water partition coefficient (Wildman–Crippen LogP) is 1.91. The highest BCUT2D eigenvalue weighted by Gasteiger charge is 1.99. The molecule has 0 unspecified atom stereocenters. The highest BCUT2D eigenvalue weighted by Crippen LogP contribution is 2.18. The zero-order chi connectivity index (χ0) is 10.7. The van der Waals surface area contributed by atoms with Gasteiger partial charge in [-0.25, -0.2) is 4.98 Å². The van der Waals surface area contributed by atoms with Crippen LogP contribution in [0.2, 0.25) is 0 Å². The van der Waals surface area contributed by atoms with Gasteiger partial charge in [0.1, 0.15) is 5.82 Å². The summed E-state index contributed by atoms with van der Waals surface area (Å²) in [6.45, 7) is 2.72. The quantitative estimate of drug-likeness (QED) is 0.666. The predicted molar refractivity (Wildman–Crippen MR) is 61.5 cm³/mol. The average molecular weight is 202 g/mol. The third-order valence-corrected chi connectivity index (χ3v) is 2.26. The molecule has 0 fully saturated rings. The van der Waals surface area contributed by atoms with Gasteiger partial charge in [0.2, 0.25) is 0 Å². The van der Waals surface area contributed by atoms with Crippen LogP contribution >= 0.6 is 0 Å². The number of nitrogens with one attached hydrogen (secondary N) is 2. The lowest BCUT2D eigenvalue weighted by Gasteiger charge is -2.08. The summed E-state index contributed by atoms with van der Waals surface area (Å²) in [5, 5.41) is 3.28. The lowest BCUT2D eigenvalue weighted by Crippen LogP contribution is -2.03. The second-order valence-electron chi connectivity index (χ2n) is 3.46. The standard InChI is InChI=1S/C11H14N4/c1-8-2-3-9(12)6-10(8)15-7-11-13-4-5-14-11/h2-6,15H,7,12H2,1H3,(H,13,14). The van der Waals surface area contributed by atoms with E-state index in [1.807, 2.05) is 31.3 Å². The van der Waals surface area contributed by atoms with Crippen molar-refractivity contribution < 1.29 is 0 Å². The van der Waals surface area contributed by atoms with Crippen molar-refractivity contribution in [2.24, 2.45) is 0 Å². The van der Waals surface area contributed by atoms with E-state index in [4.69, 9.17) is 5.73 Å². The van der Waals surface area contributed by atoms with E-state index in [0.29, 0.717) is 6.54 Å². The molecule has 15 heavy (non-hydrogen) atoms. The molecule has 1 aromatic heterocycles. The number of hydrogen-bond acceptors (Lipinski definition) is 3. The first kappa shape index (κ1) is 9.58. The fraction of sp³-hybridized carbons (Fsp3) is 0.182. The summed E-state index contributed by atoms with van der Waals surface area (Å²) in [5.74, 6) is 0.914. The number of hydrogen-bond donors (Lipinski definition) is 3. The minimum absolute atomic E-state index is 0.678. The van der Waals surface area contributed by atoms with Crippen LogP contribution in [0.15, 0.2) is 30.6 Å². The Morgan fingerprint density at radius 3 is 3.07 bits per heavy atom. The molecule has 4 heteroatoms. The van der Waals surface area contributed by atoms with Crippen LogP contribution in [0.25, 0.3) is 0 Å². The number of nitrogen functional groups attached to an aromatic ring is 1. The van der Waals surface area contributed by atoms with Crippen LogP contribution in [0, 0.1) is 6.92 Å². The summed E-state index contributed by atoms with van der Waals surface area (Å²) in [4.78, 5) is 7.17. The second kappa shape index (κ2) is 4.04. The molecular formula is C11H14N4. The van der Waals surface area contributed by atoms with E-state index >= 15 is 0 Å². The van der Waals surface area contributed by atoms with Crippen LogP contribution in [0.1, 0.15) is 11.4 Å². The molecule has 0 aliphatic carbocycles. The number of imidazole rings is 1. The summed E-state index contributed by atoms with van der Waals surface area (Å²) in [6, 6.07) is 5.82. The van der Waals surface area contributed by atoms with Gasteiger partial charge in [-0.2, -0.15) is 0 Å². The zero-order valence-corrected chi connectivity index (χ0v) is 8.62. The van der Waals surface area contributed by atoms with E-state index in [1.165, 1.54) is 5.56 Å². The fourth-order valence-corrected chi connectivity index (χ4v) is 1.40. The molecule has 78 valence electrons. The minimum atomic E-state index is 0.678. The maximum absolute atomic E-state index is 5.71. The first-order chi connectivity index (χ1) is 7.25. The SMILES string of the molecule is Cc1ccc(N)cc1NCc1ncc[nH]1. The van der Waals surface area contributed by atoms with Crippen LogP contribution in [-0.4, -0.2) is 9.97 Å². The van der Waals surface area contributed by atoms with Crippen molar-refractivity contribution >= 4 is 11.4 Å². The number of aromatic amines is 1. The molecule has 1 aromatic carbocycles. The Morgan fingerprint density at radius 2 is 2.33 bits per heavy atom. The summed E-state index contributed by atoms with van der Waals surface area (Å²) >= 11 is 0. The Labute approximate surface area is 88.5 Å². The summed E-state index contributed by atoms with van der Waals surface area (Å²) in [7, 11) is 0. The van der Waals surface area contributed by atoms with E-state index in [9.17, 15) is 0 Å². The van der Waals surface area contributed by atoms with E-state index in [0.717, 1.165) is 17.2 Å². The molecule has 0 saturated heterocycles. The average Bonchev–Trinajstić information content (AvgIpc) is 2.72. The fourth-order valence-electron chi connectivity index (χ4n) is 1.40. The number of anilines is 2. The Bertz CT molecular complexity index is 434.